The Morgan fingerprint density at radius 2 is 1.79 bits per heavy atom. The van der Waals surface area contributed by atoms with Gasteiger partial charge in [0.25, 0.3) is 0 Å². The number of benzene rings is 2. The summed E-state index contributed by atoms with van der Waals surface area (Å²) < 4.78 is 12.0. The molecule has 3 N–H and O–H groups in total. The first kappa shape index (κ1) is 20.3. The van der Waals surface area contributed by atoms with Crippen LogP contribution in [0.25, 0.3) is 11.4 Å². The largest absolute Gasteiger partial charge is 0.508 e. The zero-order chi connectivity index (χ0) is 21.1. The van der Waals surface area contributed by atoms with Gasteiger partial charge < -0.3 is 19.7 Å². The molecule has 2 aromatic carbocycles. The number of aryl methyl sites for hydroxylation is 1. The van der Waals surface area contributed by atoms with E-state index in [1.54, 1.807) is 20.3 Å². The number of rotatable bonds is 7. The highest BCUT2D eigenvalue weighted by atomic mass is 16.5. The van der Waals surface area contributed by atoms with E-state index in [0.717, 1.165) is 5.56 Å². The number of phenols is 2. The lowest BCUT2D eigenvalue weighted by atomic mass is 9.98. The number of methoxy groups -OCH3 is 2. The number of nitrogens with zero attached hydrogens (tertiary/aromatic N) is 2. The maximum absolute atomic E-state index is 12.3. The Morgan fingerprint density at radius 3 is 2.45 bits per heavy atom. The number of ether oxygens (including phenoxy) is 2. The fourth-order valence-electron chi connectivity index (χ4n) is 3.24. The van der Waals surface area contributed by atoms with E-state index in [9.17, 15) is 15.0 Å². The molecular weight excluding hydrogens is 374 g/mol. The predicted molar refractivity (Wildman–Crippen MR) is 109 cm³/mol. The molecule has 0 saturated heterocycles. The third kappa shape index (κ3) is 4.06. The molecule has 0 saturated carbocycles. The van der Waals surface area contributed by atoms with Crippen molar-refractivity contribution in [3.63, 3.8) is 0 Å². The van der Waals surface area contributed by atoms with Crippen LogP contribution in [0.2, 0.25) is 0 Å². The molecule has 0 amide bonds. The van der Waals surface area contributed by atoms with Crippen molar-refractivity contribution < 1.29 is 19.7 Å². The van der Waals surface area contributed by atoms with Gasteiger partial charge in [-0.15, -0.1) is 0 Å². The topological polar surface area (TPSA) is 110 Å². The second-order valence-electron chi connectivity index (χ2n) is 7.03. The first-order valence-electron chi connectivity index (χ1n) is 9.28. The van der Waals surface area contributed by atoms with Gasteiger partial charge in [0.15, 0.2) is 17.3 Å². The molecular formula is C21H25N3O5. The van der Waals surface area contributed by atoms with Crippen molar-refractivity contribution in [3.05, 3.63) is 51.9 Å². The van der Waals surface area contributed by atoms with Crippen LogP contribution in [-0.2, 0) is 13.0 Å². The van der Waals surface area contributed by atoms with Crippen molar-refractivity contribution in [1.82, 2.24) is 14.8 Å². The van der Waals surface area contributed by atoms with Gasteiger partial charge >= 0.3 is 5.69 Å². The summed E-state index contributed by atoms with van der Waals surface area (Å²) >= 11 is 0. The highest BCUT2D eigenvalue weighted by Gasteiger charge is 2.18. The Kier molecular flexibility index (Phi) is 5.81. The van der Waals surface area contributed by atoms with Gasteiger partial charge in [-0.05, 0) is 41.7 Å². The highest BCUT2D eigenvalue weighted by Crippen LogP contribution is 2.36. The van der Waals surface area contributed by atoms with E-state index in [0.29, 0.717) is 41.4 Å². The number of aromatic hydroxyl groups is 2. The summed E-state index contributed by atoms with van der Waals surface area (Å²) in [6, 6.07) is 8.52. The molecule has 0 aliphatic carbocycles. The predicted octanol–water partition coefficient (Wildman–Crippen LogP) is 3.03. The normalized spacial score (nSPS) is 11.1. The van der Waals surface area contributed by atoms with Crippen molar-refractivity contribution in [2.24, 2.45) is 0 Å². The highest BCUT2D eigenvalue weighted by molar-refractivity contribution is 5.67. The Labute approximate surface area is 168 Å². The van der Waals surface area contributed by atoms with Crippen LogP contribution in [0.3, 0.4) is 0 Å². The van der Waals surface area contributed by atoms with Gasteiger partial charge in [-0.25, -0.2) is 9.89 Å². The molecule has 0 atom stereocenters. The summed E-state index contributed by atoms with van der Waals surface area (Å²) in [5.74, 6) is 1.47. The molecule has 0 unspecified atom stereocenters. The Hall–Kier alpha value is -3.42. The Balaban J connectivity index is 1.94. The lowest BCUT2D eigenvalue weighted by Gasteiger charge is -2.13. The third-order valence-corrected chi connectivity index (χ3v) is 4.84. The summed E-state index contributed by atoms with van der Waals surface area (Å²) in [5, 5.41) is 26.9. The van der Waals surface area contributed by atoms with Gasteiger partial charge in [0.2, 0.25) is 0 Å². The maximum atomic E-state index is 12.3. The number of H-pyrrole nitrogens is 1. The summed E-state index contributed by atoms with van der Waals surface area (Å²) in [4.78, 5) is 12.3. The minimum Gasteiger partial charge on any atom is -0.508 e. The number of phenolic OH excluding ortho intramolecular Hbond substituents is 2. The smallest absolute Gasteiger partial charge is 0.343 e. The standard InChI is InChI=1S/C21H25N3O5/c1-12(2)14-10-15(17(26)11-16(14)25)20-22-23-21(27)24(20)8-7-13-5-6-18(28-3)19(9-13)29-4/h5-6,9-12,25-26H,7-8H2,1-4H3,(H,23,27). The van der Waals surface area contributed by atoms with E-state index in [1.165, 1.54) is 10.6 Å². The molecule has 8 nitrogen and oxygen atoms in total. The molecule has 29 heavy (non-hydrogen) atoms. The average molecular weight is 399 g/mol. The fourth-order valence-corrected chi connectivity index (χ4v) is 3.24. The van der Waals surface area contributed by atoms with Crippen LogP contribution in [0.1, 0.15) is 30.9 Å². The van der Waals surface area contributed by atoms with Crippen LogP contribution in [0.15, 0.2) is 35.1 Å². The van der Waals surface area contributed by atoms with Crippen LogP contribution in [0.4, 0.5) is 0 Å². The number of hydrogen-bond acceptors (Lipinski definition) is 6. The first-order chi connectivity index (χ1) is 13.8. The minimum atomic E-state index is -0.376. The minimum absolute atomic E-state index is 0.0102. The van der Waals surface area contributed by atoms with E-state index in [1.807, 2.05) is 32.0 Å². The molecule has 3 rings (SSSR count). The van der Waals surface area contributed by atoms with Crippen molar-refractivity contribution in [3.8, 4) is 34.4 Å². The quantitative estimate of drug-likeness (QED) is 0.563. The van der Waals surface area contributed by atoms with Gasteiger partial charge in [0.1, 0.15) is 11.5 Å². The van der Waals surface area contributed by atoms with Crippen LogP contribution >= 0.6 is 0 Å². The van der Waals surface area contributed by atoms with E-state index >= 15 is 0 Å². The molecule has 1 heterocycles. The second kappa shape index (κ2) is 8.30. The third-order valence-electron chi connectivity index (χ3n) is 4.84. The van der Waals surface area contributed by atoms with Crippen molar-refractivity contribution in [1.29, 1.82) is 0 Å². The first-order valence-corrected chi connectivity index (χ1v) is 9.28. The van der Waals surface area contributed by atoms with Crippen molar-refractivity contribution in [2.45, 2.75) is 32.7 Å². The SMILES string of the molecule is COc1ccc(CCn2c(-c3cc(C(C)C)c(O)cc3O)n[nH]c2=O)cc1OC. The van der Waals surface area contributed by atoms with Crippen LogP contribution in [-0.4, -0.2) is 39.2 Å². The number of aromatic nitrogens is 3. The average Bonchev–Trinajstić information content (AvgIpc) is 3.06. The molecule has 0 bridgehead atoms. The van der Waals surface area contributed by atoms with Gasteiger partial charge in [0, 0.05) is 12.6 Å². The molecule has 0 spiro atoms. The second-order valence-corrected chi connectivity index (χ2v) is 7.03. The molecule has 0 radical (unpaired) electrons. The van der Waals surface area contributed by atoms with Gasteiger partial charge in [-0.1, -0.05) is 19.9 Å². The lowest BCUT2D eigenvalue weighted by Crippen LogP contribution is -2.19. The van der Waals surface area contributed by atoms with E-state index in [2.05, 4.69) is 10.2 Å². The van der Waals surface area contributed by atoms with E-state index < -0.39 is 0 Å². The molecule has 0 aliphatic heterocycles. The zero-order valence-corrected chi connectivity index (χ0v) is 16.9. The fraction of sp³-hybridized carbons (Fsp3) is 0.333. The summed E-state index contributed by atoms with van der Waals surface area (Å²) in [6.45, 7) is 4.21. The zero-order valence-electron chi connectivity index (χ0n) is 16.9. The van der Waals surface area contributed by atoms with Crippen LogP contribution in [0.5, 0.6) is 23.0 Å². The maximum Gasteiger partial charge on any atom is 0.343 e. The Bertz CT molecular complexity index is 1070. The van der Waals surface area contributed by atoms with Crippen LogP contribution < -0.4 is 15.2 Å². The summed E-state index contributed by atoms with van der Waals surface area (Å²) in [5.41, 5.74) is 1.63. The van der Waals surface area contributed by atoms with Gasteiger partial charge in [0.05, 0.1) is 19.8 Å². The van der Waals surface area contributed by atoms with Crippen LogP contribution in [0, 0.1) is 0 Å². The van der Waals surface area contributed by atoms with Crippen molar-refractivity contribution >= 4 is 0 Å². The summed E-state index contributed by atoms with van der Waals surface area (Å²) in [6.07, 6.45) is 0.544. The Morgan fingerprint density at radius 1 is 1.07 bits per heavy atom. The van der Waals surface area contributed by atoms with Gasteiger partial charge in [-0.3, -0.25) is 4.57 Å². The van der Waals surface area contributed by atoms with E-state index in [-0.39, 0.29) is 23.1 Å². The lowest BCUT2D eigenvalue weighted by molar-refractivity contribution is 0.354. The molecule has 8 heteroatoms. The number of nitrogens with one attached hydrogen (secondary N) is 1. The molecule has 0 aliphatic rings. The molecule has 0 fully saturated rings. The number of aromatic amines is 1. The molecule has 154 valence electrons. The summed E-state index contributed by atoms with van der Waals surface area (Å²) in [7, 11) is 3.14. The van der Waals surface area contributed by atoms with E-state index in [4.69, 9.17) is 9.47 Å². The number of hydrogen-bond donors (Lipinski definition) is 3. The monoisotopic (exact) mass is 399 g/mol. The van der Waals surface area contributed by atoms with Crippen molar-refractivity contribution in [2.75, 3.05) is 14.2 Å². The van der Waals surface area contributed by atoms with Gasteiger partial charge in [-0.2, -0.15) is 5.10 Å². The molecule has 3 aromatic rings. The molecule has 1 aromatic heterocycles.